The number of aromatic nitrogens is 3. The van der Waals surface area contributed by atoms with E-state index in [-0.39, 0.29) is 5.91 Å². The molecular formula is C23H27N5O. The molecule has 1 aliphatic heterocycles. The van der Waals surface area contributed by atoms with Crippen molar-refractivity contribution in [3.63, 3.8) is 0 Å². The molecule has 0 saturated carbocycles. The molecule has 150 valence electrons. The Kier molecular flexibility index (Phi) is 5.60. The van der Waals surface area contributed by atoms with E-state index in [2.05, 4.69) is 37.5 Å². The van der Waals surface area contributed by atoms with Gasteiger partial charge in [-0.1, -0.05) is 17.2 Å². The molecule has 1 fully saturated rings. The fourth-order valence-corrected chi connectivity index (χ4v) is 3.95. The van der Waals surface area contributed by atoms with E-state index in [0.29, 0.717) is 5.92 Å². The van der Waals surface area contributed by atoms with Crippen molar-refractivity contribution in [3.05, 3.63) is 65.5 Å². The molecule has 3 aromatic rings. The van der Waals surface area contributed by atoms with Crippen molar-refractivity contribution < 1.29 is 4.79 Å². The Labute approximate surface area is 171 Å². The van der Waals surface area contributed by atoms with E-state index in [1.807, 2.05) is 44.3 Å². The first-order valence-corrected chi connectivity index (χ1v) is 10.2. The molecule has 1 amide bonds. The molecule has 0 spiro atoms. The molecule has 4 rings (SSSR count). The van der Waals surface area contributed by atoms with Crippen LogP contribution in [0.1, 0.15) is 34.3 Å². The summed E-state index contributed by atoms with van der Waals surface area (Å²) in [6.45, 7) is 6.66. The zero-order chi connectivity index (χ0) is 20.2. The first-order valence-electron chi connectivity index (χ1n) is 10.2. The number of nitrogens with zero attached hydrogens (tertiary/aromatic N) is 3. The third-order valence-electron chi connectivity index (χ3n) is 5.51. The largest absolute Gasteiger partial charge is 0.355 e. The van der Waals surface area contributed by atoms with Crippen molar-refractivity contribution in [3.8, 4) is 11.3 Å². The summed E-state index contributed by atoms with van der Waals surface area (Å²) in [4.78, 5) is 18.9. The normalized spacial score (nSPS) is 14.8. The highest BCUT2D eigenvalue weighted by atomic mass is 16.1. The van der Waals surface area contributed by atoms with Crippen LogP contribution in [0.25, 0.3) is 11.3 Å². The maximum absolute atomic E-state index is 12.5. The van der Waals surface area contributed by atoms with Gasteiger partial charge in [-0.2, -0.15) is 5.10 Å². The summed E-state index contributed by atoms with van der Waals surface area (Å²) in [6, 6.07) is 12.0. The van der Waals surface area contributed by atoms with E-state index < -0.39 is 0 Å². The van der Waals surface area contributed by atoms with Crippen LogP contribution in [-0.4, -0.2) is 40.7 Å². The maximum atomic E-state index is 12.5. The fourth-order valence-electron chi connectivity index (χ4n) is 3.95. The van der Waals surface area contributed by atoms with Gasteiger partial charge in [-0.25, -0.2) is 0 Å². The molecule has 1 saturated heterocycles. The van der Waals surface area contributed by atoms with Gasteiger partial charge in [0.15, 0.2) is 5.82 Å². The molecular weight excluding hydrogens is 362 g/mol. The van der Waals surface area contributed by atoms with Crippen molar-refractivity contribution in [1.82, 2.24) is 20.5 Å². The lowest BCUT2D eigenvalue weighted by Gasteiger charge is -2.32. The first-order chi connectivity index (χ1) is 14.1. The van der Waals surface area contributed by atoms with Crippen LogP contribution in [0.4, 0.5) is 5.82 Å². The van der Waals surface area contributed by atoms with Gasteiger partial charge in [0.25, 0.3) is 5.91 Å². The number of aryl methyl sites for hydroxylation is 2. The number of aromatic amines is 1. The van der Waals surface area contributed by atoms with Gasteiger partial charge >= 0.3 is 0 Å². The summed E-state index contributed by atoms with van der Waals surface area (Å²) in [5, 5.41) is 10.7. The molecule has 29 heavy (non-hydrogen) atoms. The van der Waals surface area contributed by atoms with Crippen LogP contribution in [0.3, 0.4) is 0 Å². The third kappa shape index (κ3) is 4.65. The zero-order valence-electron chi connectivity index (χ0n) is 17.0. The van der Waals surface area contributed by atoms with Gasteiger partial charge in [0, 0.05) is 49.2 Å². The van der Waals surface area contributed by atoms with Gasteiger partial charge in [-0.05, 0) is 56.9 Å². The van der Waals surface area contributed by atoms with Crippen molar-refractivity contribution in [2.75, 3.05) is 24.5 Å². The highest BCUT2D eigenvalue weighted by molar-refractivity contribution is 5.94. The highest BCUT2D eigenvalue weighted by Gasteiger charge is 2.22. The van der Waals surface area contributed by atoms with E-state index in [1.165, 1.54) is 0 Å². The monoisotopic (exact) mass is 389 g/mol. The Balaban J connectivity index is 1.29. The number of nitrogens with one attached hydrogen (secondary N) is 2. The quantitative estimate of drug-likeness (QED) is 0.697. The second kappa shape index (κ2) is 8.47. The molecule has 0 unspecified atom stereocenters. The van der Waals surface area contributed by atoms with Gasteiger partial charge in [0.2, 0.25) is 0 Å². The van der Waals surface area contributed by atoms with Crippen LogP contribution >= 0.6 is 0 Å². The molecule has 2 aromatic heterocycles. The molecule has 6 heteroatoms. The predicted octanol–water partition coefficient (Wildman–Crippen LogP) is 3.73. The number of benzene rings is 1. The van der Waals surface area contributed by atoms with E-state index >= 15 is 0 Å². The number of piperidine rings is 1. The Morgan fingerprint density at radius 1 is 1.17 bits per heavy atom. The third-order valence-corrected chi connectivity index (χ3v) is 5.51. The lowest BCUT2D eigenvalue weighted by molar-refractivity contribution is 0.0944. The molecule has 1 aromatic carbocycles. The predicted molar refractivity (Wildman–Crippen MR) is 115 cm³/mol. The summed E-state index contributed by atoms with van der Waals surface area (Å²) in [7, 11) is 0. The number of H-pyrrole nitrogens is 1. The van der Waals surface area contributed by atoms with Crippen LogP contribution in [0.15, 0.2) is 48.8 Å². The fraction of sp³-hybridized carbons (Fsp3) is 0.348. The standard InChI is InChI=1S/C23H27N5O/c1-16-10-17(2)12-20(11-16)23(29)25-14-18-5-8-28(9-6-18)22-13-21(26-27-22)19-4-3-7-24-15-19/h3-4,7,10-13,15,18H,5-6,8-9,14H2,1-2H3,(H,25,29)(H,26,27). The van der Waals surface area contributed by atoms with Crippen LogP contribution < -0.4 is 10.2 Å². The van der Waals surface area contributed by atoms with Crippen molar-refractivity contribution in [2.45, 2.75) is 26.7 Å². The average Bonchev–Trinajstić information content (AvgIpc) is 3.22. The molecule has 0 atom stereocenters. The van der Waals surface area contributed by atoms with E-state index in [9.17, 15) is 4.79 Å². The number of rotatable bonds is 5. The van der Waals surface area contributed by atoms with Crippen LogP contribution in [-0.2, 0) is 0 Å². The Hall–Kier alpha value is -3.15. The minimum absolute atomic E-state index is 0.0210. The number of carbonyl (C=O) groups excluding carboxylic acids is 1. The van der Waals surface area contributed by atoms with Crippen molar-refractivity contribution in [1.29, 1.82) is 0 Å². The van der Waals surface area contributed by atoms with E-state index in [0.717, 1.165) is 66.2 Å². The number of carbonyl (C=O) groups is 1. The zero-order valence-corrected chi connectivity index (χ0v) is 17.0. The number of amides is 1. The molecule has 3 heterocycles. The number of pyridine rings is 1. The number of hydrogen-bond acceptors (Lipinski definition) is 4. The summed E-state index contributed by atoms with van der Waals surface area (Å²) < 4.78 is 0. The lowest BCUT2D eigenvalue weighted by Crippen LogP contribution is -2.38. The summed E-state index contributed by atoms with van der Waals surface area (Å²) in [6.07, 6.45) is 5.69. The van der Waals surface area contributed by atoms with Gasteiger partial charge in [-0.3, -0.25) is 14.9 Å². The molecule has 1 aliphatic rings. The second-order valence-corrected chi connectivity index (χ2v) is 7.90. The smallest absolute Gasteiger partial charge is 0.251 e. The van der Waals surface area contributed by atoms with Gasteiger partial charge in [0.05, 0.1) is 5.69 Å². The van der Waals surface area contributed by atoms with Gasteiger partial charge < -0.3 is 10.2 Å². The van der Waals surface area contributed by atoms with E-state index in [4.69, 9.17) is 0 Å². The first kappa shape index (κ1) is 19.2. The number of hydrogen-bond donors (Lipinski definition) is 2. The van der Waals surface area contributed by atoms with Crippen LogP contribution in [0.5, 0.6) is 0 Å². The van der Waals surface area contributed by atoms with Crippen molar-refractivity contribution in [2.24, 2.45) is 5.92 Å². The van der Waals surface area contributed by atoms with Crippen molar-refractivity contribution >= 4 is 11.7 Å². The Morgan fingerprint density at radius 3 is 2.62 bits per heavy atom. The molecule has 6 nitrogen and oxygen atoms in total. The molecule has 2 N–H and O–H groups in total. The minimum Gasteiger partial charge on any atom is -0.355 e. The van der Waals surface area contributed by atoms with Crippen LogP contribution in [0, 0.1) is 19.8 Å². The molecule has 0 radical (unpaired) electrons. The highest BCUT2D eigenvalue weighted by Crippen LogP contribution is 2.25. The summed E-state index contributed by atoms with van der Waals surface area (Å²) >= 11 is 0. The molecule has 0 bridgehead atoms. The lowest BCUT2D eigenvalue weighted by atomic mass is 9.96. The Morgan fingerprint density at radius 2 is 1.93 bits per heavy atom. The van der Waals surface area contributed by atoms with Crippen LogP contribution in [0.2, 0.25) is 0 Å². The number of anilines is 1. The van der Waals surface area contributed by atoms with Gasteiger partial charge in [-0.15, -0.1) is 0 Å². The minimum atomic E-state index is 0.0210. The summed E-state index contributed by atoms with van der Waals surface area (Å²) in [5.74, 6) is 1.49. The summed E-state index contributed by atoms with van der Waals surface area (Å²) in [5.41, 5.74) is 5.01. The maximum Gasteiger partial charge on any atom is 0.251 e. The average molecular weight is 390 g/mol. The Bertz CT molecular complexity index is 954. The van der Waals surface area contributed by atoms with E-state index in [1.54, 1.807) is 6.20 Å². The second-order valence-electron chi connectivity index (χ2n) is 7.90. The topological polar surface area (TPSA) is 73.9 Å². The molecule has 0 aliphatic carbocycles. The SMILES string of the molecule is Cc1cc(C)cc(C(=O)NCC2CCN(c3cc(-c4cccnc4)[nH]n3)CC2)c1. The van der Waals surface area contributed by atoms with Gasteiger partial charge in [0.1, 0.15) is 0 Å².